The van der Waals surface area contributed by atoms with Crippen molar-refractivity contribution in [2.24, 2.45) is 0 Å². The molecule has 9 nitrogen and oxygen atoms in total. The monoisotopic (exact) mass is 542 g/mol. The summed E-state index contributed by atoms with van der Waals surface area (Å²) in [6.45, 7) is 6.77. The first kappa shape index (κ1) is 27.2. The number of para-hydroxylation sites is 3. The van der Waals surface area contributed by atoms with Gasteiger partial charge >= 0.3 is 0 Å². The van der Waals surface area contributed by atoms with E-state index in [0.717, 1.165) is 0 Å². The Balaban J connectivity index is 1.45. The molecule has 1 saturated heterocycles. The molecule has 40 heavy (non-hydrogen) atoms. The van der Waals surface area contributed by atoms with Gasteiger partial charge in [0.15, 0.2) is 0 Å². The van der Waals surface area contributed by atoms with Crippen LogP contribution in [0.25, 0.3) is 16.6 Å². The standard InChI is InChI=1S/C31H34N4O5/c1-5-40-27-13-9-8-12-26(27)35-29(32-25-11-7-6-10-23(25)31(35)37)21(2)33-16-18-34(19-17-33)30(36)24-15-14-22(38-3)20-28(24)39-4/h6-15,20-21H,5,16-19H2,1-4H3. The minimum absolute atomic E-state index is 0.0850. The number of methoxy groups -OCH3 is 2. The van der Waals surface area contributed by atoms with Gasteiger partial charge in [0.2, 0.25) is 0 Å². The van der Waals surface area contributed by atoms with Gasteiger partial charge in [0.1, 0.15) is 23.1 Å². The molecular formula is C31H34N4O5. The summed E-state index contributed by atoms with van der Waals surface area (Å²) in [6, 6.07) is 20.0. The number of nitrogens with zero attached hydrogens (tertiary/aromatic N) is 4. The smallest absolute Gasteiger partial charge is 0.266 e. The van der Waals surface area contributed by atoms with E-state index in [1.54, 1.807) is 43.1 Å². The number of rotatable bonds is 8. The van der Waals surface area contributed by atoms with Crippen molar-refractivity contribution in [3.05, 3.63) is 88.5 Å². The number of amides is 1. The zero-order valence-corrected chi connectivity index (χ0v) is 23.3. The number of carbonyl (C=O) groups excluding carboxylic acids is 1. The first-order valence-corrected chi connectivity index (χ1v) is 13.5. The third kappa shape index (κ3) is 5.12. The maximum Gasteiger partial charge on any atom is 0.266 e. The normalized spacial score (nSPS) is 14.7. The number of piperazine rings is 1. The van der Waals surface area contributed by atoms with Gasteiger partial charge in [-0.2, -0.15) is 0 Å². The number of aromatic nitrogens is 2. The summed E-state index contributed by atoms with van der Waals surface area (Å²) in [7, 11) is 3.13. The van der Waals surface area contributed by atoms with Gasteiger partial charge in [0, 0.05) is 32.2 Å². The van der Waals surface area contributed by atoms with Gasteiger partial charge in [0.25, 0.3) is 11.5 Å². The lowest BCUT2D eigenvalue weighted by atomic mass is 10.1. The number of hydrogen-bond donors (Lipinski definition) is 0. The fraction of sp³-hybridized carbons (Fsp3) is 0.323. The molecule has 1 aliphatic rings. The highest BCUT2D eigenvalue weighted by Crippen LogP contribution is 2.30. The quantitative estimate of drug-likeness (QED) is 0.328. The van der Waals surface area contributed by atoms with E-state index in [2.05, 4.69) is 11.8 Å². The summed E-state index contributed by atoms with van der Waals surface area (Å²) in [4.78, 5) is 36.3. The van der Waals surface area contributed by atoms with E-state index in [-0.39, 0.29) is 17.5 Å². The molecule has 1 fully saturated rings. The second kappa shape index (κ2) is 11.8. The van der Waals surface area contributed by atoms with E-state index in [0.29, 0.717) is 78.0 Å². The predicted octanol–water partition coefficient (Wildman–Crippen LogP) is 4.32. The van der Waals surface area contributed by atoms with Crippen LogP contribution in [-0.4, -0.2) is 72.3 Å². The summed E-state index contributed by atoms with van der Waals surface area (Å²) < 4.78 is 18.3. The van der Waals surface area contributed by atoms with Gasteiger partial charge in [-0.1, -0.05) is 24.3 Å². The van der Waals surface area contributed by atoms with Crippen LogP contribution in [0.4, 0.5) is 0 Å². The highest BCUT2D eigenvalue weighted by molar-refractivity contribution is 5.97. The molecule has 0 bridgehead atoms. The second-order valence-corrected chi connectivity index (χ2v) is 9.60. The highest BCUT2D eigenvalue weighted by Gasteiger charge is 2.30. The van der Waals surface area contributed by atoms with Crippen molar-refractivity contribution in [2.45, 2.75) is 19.9 Å². The summed E-state index contributed by atoms with van der Waals surface area (Å²) in [5, 5.41) is 0.550. The topological polar surface area (TPSA) is 86.1 Å². The molecule has 0 saturated carbocycles. The van der Waals surface area contributed by atoms with Gasteiger partial charge in [-0.15, -0.1) is 0 Å². The van der Waals surface area contributed by atoms with Gasteiger partial charge < -0.3 is 19.1 Å². The van der Waals surface area contributed by atoms with Crippen LogP contribution in [0, 0.1) is 0 Å². The lowest BCUT2D eigenvalue weighted by Crippen LogP contribution is -2.50. The second-order valence-electron chi connectivity index (χ2n) is 9.60. The lowest BCUT2D eigenvalue weighted by Gasteiger charge is -2.38. The van der Waals surface area contributed by atoms with E-state index in [1.807, 2.05) is 54.3 Å². The molecule has 1 aromatic heterocycles. The van der Waals surface area contributed by atoms with E-state index in [9.17, 15) is 9.59 Å². The minimum Gasteiger partial charge on any atom is -0.497 e. The third-order valence-corrected chi connectivity index (χ3v) is 7.37. The number of carbonyl (C=O) groups is 1. The van der Waals surface area contributed by atoms with Gasteiger partial charge in [-0.05, 0) is 50.2 Å². The van der Waals surface area contributed by atoms with E-state index >= 15 is 0 Å². The van der Waals surface area contributed by atoms with Crippen molar-refractivity contribution in [1.29, 1.82) is 0 Å². The Labute approximate surface area is 233 Å². The predicted molar refractivity (Wildman–Crippen MR) is 154 cm³/mol. The van der Waals surface area contributed by atoms with E-state index in [1.165, 1.54) is 0 Å². The fourth-order valence-electron chi connectivity index (χ4n) is 5.20. The molecule has 5 rings (SSSR count). The van der Waals surface area contributed by atoms with Gasteiger partial charge in [0.05, 0.1) is 49.0 Å². The Hall–Kier alpha value is -4.37. The Morgan fingerprint density at radius 2 is 1.65 bits per heavy atom. The van der Waals surface area contributed by atoms with Crippen LogP contribution in [0.1, 0.15) is 36.1 Å². The van der Waals surface area contributed by atoms with E-state index in [4.69, 9.17) is 19.2 Å². The number of hydrogen-bond acceptors (Lipinski definition) is 7. The van der Waals surface area contributed by atoms with Crippen LogP contribution in [-0.2, 0) is 0 Å². The zero-order valence-electron chi connectivity index (χ0n) is 23.3. The molecule has 1 atom stereocenters. The Bertz CT molecular complexity index is 1580. The number of benzene rings is 3. The lowest BCUT2D eigenvalue weighted by molar-refractivity contribution is 0.0570. The third-order valence-electron chi connectivity index (χ3n) is 7.37. The first-order valence-electron chi connectivity index (χ1n) is 13.5. The van der Waals surface area contributed by atoms with Crippen molar-refractivity contribution in [2.75, 3.05) is 47.0 Å². The molecule has 1 unspecified atom stereocenters. The molecule has 208 valence electrons. The number of fused-ring (bicyclic) bond motifs is 1. The van der Waals surface area contributed by atoms with Crippen LogP contribution >= 0.6 is 0 Å². The number of ether oxygens (including phenoxy) is 3. The zero-order chi connectivity index (χ0) is 28.2. The van der Waals surface area contributed by atoms with Gasteiger partial charge in [-0.25, -0.2) is 4.98 Å². The molecule has 3 aromatic carbocycles. The van der Waals surface area contributed by atoms with Crippen LogP contribution < -0.4 is 19.8 Å². The van der Waals surface area contributed by atoms with Crippen molar-refractivity contribution in [3.8, 4) is 22.9 Å². The molecule has 0 spiro atoms. The molecule has 9 heteroatoms. The van der Waals surface area contributed by atoms with Crippen molar-refractivity contribution in [3.63, 3.8) is 0 Å². The maximum atomic E-state index is 13.9. The highest BCUT2D eigenvalue weighted by atomic mass is 16.5. The Morgan fingerprint density at radius 1 is 0.925 bits per heavy atom. The largest absolute Gasteiger partial charge is 0.497 e. The molecule has 2 heterocycles. The molecule has 0 aliphatic carbocycles. The van der Waals surface area contributed by atoms with Crippen LogP contribution in [0.2, 0.25) is 0 Å². The maximum absolute atomic E-state index is 13.9. The van der Waals surface area contributed by atoms with Crippen LogP contribution in [0.3, 0.4) is 0 Å². The van der Waals surface area contributed by atoms with Crippen molar-refractivity contribution in [1.82, 2.24) is 19.4 Å². The van der Waals surface area contributed by atoms with E-state index < -0.39 is 0 Å². The van der Waals surface area contributed by atoms with Crippen molar-refractivity contribution < 1.29 is 19.0 Å². The summed E-state index contributed by atoms with van der Waals surface area (Å²) in [6.07, 6.45) is 0. The Kier molecular flexibility index (Phi) is 8.02. The van der Waals surface area contributed by atoms with Crippen LogP contribution in [0.5, 0.6) is 17.2 Å². The summed E-state index contributed by atoms with van der Waals surface area (Å²) in [5.41, 5.74) is 1.68. The summed E-state index contributed by atoms with van der Waals surface area (Å²) >= 11 is 0. The summed E-state index contributed by atoms with van der Waals surface area (Å²) in [5.74, 6) is 2.29. The molecule has 0 N–H and O–H groups in total. The molecule has 0 radical (unpaired) electrons. The fourth-order valence-corrected chi connectivity index (χ4v) is 5.20. The average molecular weight is 543 g/mol. The van der Waals surface area contributed by atoms with Crippen molar-refractivity contribution >= 4 is 16.8 Å². The molecular weight excluding hydrogens is 508 g/mol. The molecule has 1 aliphatic heterocycles. The average Bonchev–Trinajstić information content (AvgIpc) is 3.00. The molecule has 1 amide bonds. The first-order chi connectivity index (χ1) is 19.5. The minimum atomic E-state index is -0.195. The van der Waals surface area contributed by atoms with Crippen LogP contribution in [0.15, 0.2) is 71.5 Å². The SMILES string of the molecule is CCOc1ccccc1-n1c(C(C)N2CCN(C(=O)c3ccc(OC)cc3OC)CC2)nc2ccccc2c1=O. The van der Waals surface area contributed by atoms with Gasteiger partial charge in [-0.3, -0.25) is 19.1 Å². The Morgan fingerprint density at radius 3 is 2.38 bits per heavy atom. The molecule has 4 aromatic rings.